The average Bonchev–Trinajstić information content (AvgIpc) is 2.65. The van der Waals surface area contributed by atoms with Crippen LogP contribution in [0, 0.1) is 0 Å². The zero-order valence-corrected chi connectivity index (χ0v) is 15.0. The molecule has 0 bridgehead atoms. The highest BCUT2D eigenvalue weighted by Gasteiger charge is 2.18. The summed E-state index contributed by atoms with van der Waals surface area (Å²) in [4.78, 5) is 25.9. The molecular formula is C19H20ClNO4. The van der Waals surface area contributed by atoms with Gasteiger partial charge in [0.15, 0.2) is 0 Å². The lowest BCUT2D eigenvalue weighted by Crippen LogP contribution is -2.32. The second-order valence-electron chi connectivity index (χ2n) is 5.41. The maximum absolute atomic E-state index is 12.8. The van der Waals surface area contributed by atoms with Crippen LogP contribution in [0.2, 0.25) is 5.02 Å². The van der Waals surface area contributed by atoms with Crippen LogP contribution in [-0.4, -0.2) is 37.5 Å². The lowest BCUT2D eigenvalue weighted by atomic mass is 10.1. The smallest absolute Gasteiger partial charge is 0.307 e. The molecule has 2 aromatic rings. The van der Waals surface area contributed by atoms with Crippen LogP contribution in [0.4, 0.5) is 0 Å². The summed E-state index contributed by atoms with van der Waals surface area (Å²) in [5.74, 6) is 0.153. The number of hydrogen-bond acceptors (Lipinski definition) is 4. The molecule has 25 heavy (non-hydrogen) atoms. The molecule has 5 nitrogen and oxygen atoms in total. The van der Waals surface area contributed by atoms with Gasteiger partial charge < -0.3 is 14.4 Å². The molecule has 6 heteroatoms. The van der Waals surface area contributed by atoms with Gasteiger partial charge in [-0.2, -0.15) is 0 Å². The van der Waals surface area contributed by atoms with Gasteiger partial charge in [-0.05, 0) is 42.0 Å². The van der Waals surface area contributed by atoms with E-state index in [4.69, 9.17) is 16.3 Å². The van der Waals surface area contributed by atoms with Gasteiger partial charge in [-0.1, -0.05) is 23.7 Å². The fourth-order valence-electron chi connectivity index (χ4n) is 2.31. The standard InChI is InChI=1S/C19H20ClNO4/c1-24-17-9-5-15(6-10-17)19(23)21(12-11-18(22)25-2)13-14-3-7-16(20)8-4-14/h3-10H,11-13H2,1-2H3. The van der Waals surface area contributed by atoms with Gasteiger partial charge in [0.25, 0.3) is 5.91 Å². The molecule has 132 valence electrons. The van der Waals surface area contributed by atoms with Crippen molar-refractivity contribution in [1.29, 1.82) is 0 Å². The van der Waals surface area contributed by atoms with Crippen molar-refractivity contribution in [1.82, 2.24) is 4.90 Å². The maximum Gasteiger partial charge on any atom is 0.307 e. The van der Waals surface area contributed by atoms with Gasteiger partial charge >= 0.3 is 5.97 Å². The van der Waals surface area contributed by atoms with Crippen molar-refractivity contribution in [2.45, 2.75) is 13.0 Å². The Balaban J connectivity index is 2.17. The third-order valence-electron chi connectivity index (χ3n) is 3.72. The summed E-state index contributed by atoms with van der Waals surface area (Å²) in [7, 11) is 2.90. The molecule has 0 atom stereocenters. The topological polar surface area (TPSA) is 55.8 Å². The molecule has 0 heterocycles. The van der Waals surface area contributed by atoms with E-state index < -0.39 is 0 Å². The number of esters is 1. The fraction of sp³-hybridized carbons (Fsp3) is 0.263. The molecule has 0 aliphatic carbocycles. The lowest BCUT2D eigenvalue weighted by molar-refractivity contribution is -0.140. The SMILES string of the molecule is COC(=O)CCN(Cc1ccc(Cl)cc1)C(=O)c1ccc(OC)cc1. The van der Waals surface area contributed by atoms with Crippen molar-refractivity contribution in [2.75, 3.05) is 20.8 Å². The largest absolute Gasteiger partial charge is 0.497 e. The minimum atomic E-state index is -0.358. The van der Waals surface area contributed by atoms with Crippen molar-refractivity contribution in [3.05, 3.63) is 64.7 Å². The summed E-state index contributed by atoms with van der Waals surface area (Å²) in [5.41, 5.74) is 1.45. The minimum Gasteiger partial charge on any atom is -0.497 e. The Morgan fingerprint density at radius 3 is 2.20 bits per heavy atom. The number of ether oxygens (including phenoxy) is 2. The molecule has 0 saturated heterocycles. The first-order chi connectivity index (χ1) is 12.0. The molecular weight excluding hydrogens is 342 g/mol. The van der Waals surface area contributed by atoms with Crippen LogP contribution in [0.1, 0.15) is 22.3 Å². The average molecular weight is 362 g/mol. The van der Waals surface area contributed by atoms with Crippen molar-refractivity contribution in [2.24, 2.45) is 0 Å². The molecule has 0 aliphatic heterocycles. The molecule has 0 saturated carbocycles. The van der Waals surface area contributed by atoms with E-state index in [0.717, 1.165) is 5.56 Å². The minimum absolute atomic E-state index is 0.131. The predicted molar refractivity (Wildman–Crippen MR) is 95.8 cm³/mol. The number of carbonyl (C=O) groups excluding carboxylic acids is 2. The highest BCUT2D eigenvalue weighted by Crippen LogP contribution is 2.16. The molecule has 0 radical (unpaired) electrons. The lowest BCUT2D eigenvalue weighted by Gasteiger charge is -2.22. The number of rotatable bonds is 7. The van der Waals surface area contributed by atoms with Crippen LogP contribution in [0.15, 0.2) is 48.5 Å². The third-order valence-corrected chi connectivity index (χ3v) is 3.98. The van der Waals surface area contributed by atoms with Gasteiger partial charge in [-0.3, -0.25) is 9.59 Å². The Morgan fingerprint density at radius 2 is 1.64 bits per heavy atom. The van der Waals surface area contributed by atoms with E-state index in [-0.39, 0.29) is 24.8 Å². The van der Waals surface area contributed by atoms with E-state index >= 15 is 0 Å². The van der Waals surface area contributed by atoms with Gasteiger partial charge in [0.2, 0.25) is 0 Å². The first-order valence-corrected chi connectivity index (χ1v) is 8.16. The van der Waals surface area contributed by atoms with Gasteiger partial charge in [0.1, 0.15) is 5.75 Å². The zero-order valence-electron chi connectivity index (χ0n) is 14.2. The van der Waals surface area contributed by atoms with Crippen LogP contribution in [0.3, 0.4) is 0 Å². The summed E-state index contributed by atoms with van der Waals surface area (Å²) in [5, 5.41) is 0.631. The summed E-state index contributed by atoms with van der Waals surface area (Å²) < 4.78 is 9.78. The first-order valence-electron chi connectivity index (χ1n) is 7.78. The number of hydrogen-bond donors (Lipinski definition) is 0. The van der Waals surface area contributed by atoms with Gasteiger partial charge in [0, 0.05) is 23.7 Å². The molecule has 2 aromatic carbocycles. The van der Waals surface area contributed by atoms with Gasteiger partial charge in [-0.15, -0.1) is 0 Å². The molecule has 1 amide bonds. The molecule has 0 N–H and O–H groups in total. The maximum atomic E-state index is 12.8. The Morgan fingerprint density at radius 1 is 1.00 bits per heavy atom. The Bertz CT molecular complexity index is 713. The van der Waals surface area contributed by atoms with E-state index in [1.807, 2.05) is 12.1 Å². The number of methoxy groups -OCH3 is 2. The molecule has 0 spiro atoms. The van der Waals surface area contributed by atoms with Crippen LogP contribution >= 0.6 is 11.6 Å². The fourth-order valence-corrected chi connectivity index (χ4v) is 2.43. The van der Waals surface area contributed by atoms with Crippen LogP contribution in [0.5, 0.6) is 5.75 Å². The normalized spacial score (nSPS) is 10.2. The van der Waals surface area contributed by atoms with E-state index in [1.165, 1.54) is 7.11 Å². The number of nitrogens with zero attached hydrogens (tertiary/aromatic N) is 1. The molecule has 0 unspecified atom stereocenters. The molecule has 2 rings (SSSR count). The molecule has 0 aliphatic rings. The monoisotopic (exact) mass is 361 g/mol. The van der Waals surface area contributed by atoms with Crippen molar-refractivity contribution >= 4 is 23.5 Å². The van der Waals surface area contributed by atoms with Crippen molar-refractivity contribution < 1.29 is 19.1 Å². The first kappa shape index (κ1) is 18.8. The quantitative estimate of drug-likeness (QED) is 0.708. The summed E-state index contributed by atoms with van der Waals surface area (Å²) in [6.07, 6.45) is 0.131. The van der Waals surface area contributed by atoms with Crippen molar-refractivity contribution in [3.63, 3.8) is 0 Å². The van der Waals surface area contributed by atoms with E-state index in [2.05, 4.69) is 4.74 Å². The van der Waals surface area contributed by atoms with Crippen LogP contribution in [-0.2, 0) is 16.1 Å². The Kier molecular flexibility index (Phi) is 6.83. The second-order valence-corrected chi connectivity index (χ2v) is 5.84. The molecule has 0 aromatic heterocycles. The number of benzene rings is 2. The Hall–Kier alpha value is -2.53. The molecule has 0 fully saturated rings. The third kappa shape index (κ3) is 5.50. The highest BCUT2D eigenvalue weighted by molar-refractivity contribution is 6.30. The number of halogens is 1. The zero-order chi connectivity index (χ0) is 18.2. The predicted octanol–water partition coefficient (Wildman–Crippen LogP) is 3.55. The van der Waals surface area contributed by atoms with E-state index in [1.54, 1.807) is 48.4 Å². The Labute approximate surface area is 152 Å². The number of carbonyl (C=O) groups is 2. The van der Waals surface area contributed by atoms with Gasteiger partial charge in [-0.25, -0.2) is 0 Å². The summed E-state index contributed by atoms with van der Waals surface area (Å²) in [6, 6.07) is 14.1. The summed E-state index contributed by atoms with van der Waals surface area (Å²) in [6.45, 7) is 0.638. The van der Waals surface area contributed by atoms with Crippen LogP contribution < -0.4 is 4.74 Å². The van der Waals surface area contributed by atoms with E-state index in [0.29, 0.717) is 22.9 Å². The van der Waals surface area contributed by atoms with E-state index in [9.17, 15) is 9.59 Å². The number of amides is 1. The highest BCUT2D eigenvalue weighted by atomic mass is 35.5. The van der Waals surface area contributed by atoms with Gasteiger partial charge in [0.05, 0.1) is 20.6 Å². The van der Waals surface area contributed by atoms with Crippen molar-refractivity contribution in [3.8, 4) is 5.75 Å². The van der Waals surface area contributed by atoms with Crippen LogP contribution in [0.25, 0.3) is 0 Å². The second kappa shape index (κ2) is 9.08. The summed E-state index contributed by atoms with van der Waals surface area (Å²) >= 11 is 5.90.